The largest absolute Gasteiger partial charge is 0.465 e. The van der Waals surface area contributed by atoms with Gasteiger partial charge in [-0.25, -0.2) is 13.2 Å². The Balaban J connectivity index is 2.38. The second kappa shape index (κ2) is 7.35. The van der Waals surface area contributed by atoms with Gasteiger partial charge in [0.15, 0.2) is 0 Å². The van der Waals surface area contributed by atoms with E-state index >= 15 is 0 Å². The highest BCUT2D eigenvalue weighted by molar-refractivity contribution is 7.92. The molecular weight excluding hydrogens is 344 g/mol. The van der Waals surface area contributed by atoms with Gasteiger partial charge in [-0.2, -0.15) is 0 Å². The number of hydrogen-bond donors (Lipinski definition) is 2. The summed E-state index contributed by atoms with van der Waals surface area (Å²) in [6, 6.07) is 10.3. The number of carbonyl (C=O) groups is 2. The fourth-order valence-corrected chi connectivity index (χ4v) is 3.33. The maximum Gasteiger partial charge on any atom is 0.340 e. The highest BCUT2D eigenvalue weighted by Gasteiger charge is 2.21. The zero-order valence-corrected chi connectivity index (χ0v) is 14.8. The van der Waals surface area contributed by atoms with Crippen LogP contribution in [-0.4, -0.2) is 34.5 Å². The lowest BCUT2D eigenvalue weighted by molar-refractivity contribution is 0.0601. The predicted molar refractivity (Wildman–Crippen MR) is 93.2 cm³/mol. The van der Waals surface area contributed by atoms with Crippen LogP contribution in [0.2, 0.25) is 0 Å². The zero-order chi connectivity index (χ0) is 18.6. The Morgan fingerprint density at radius 3 is 2.24 bits per heavy atom. The molecule has 0 bridgehead atoms. The molecule has 2 aromatic rings. The summed E-state index contributed by atoms with van der Waals surface area (Å²) in [5.74, 6) is -0.950. The van der Waals surface area contributed by atoms with Gasteiger partial charge in [0.2, 0.25) is 0 Å². The number of amides is 1. The van der Waals surface area contributed by atoms with Gasteiger partial charge in [-0.15, -0.1) is 0 Å². The molecule has 1 amide bonds. The molecular formula is C17H18N2O5S. The van der Waals surface area contributed by atoms with Crippen molar-refractivity contribution in [1.29, 1.82) is 0 Å². The molecule has 0 aliphatic heterocycles. The Morgan fingerprint density at radius 1 is 1.04 bits per heavy atom. The van der Waals surface area contributed by atoms with Crippen molar-refractivity contribution in [3.63, 3.8) is 0 Å². The van der Waals surface area contributed by atoms with Crippen molar-refractivity contribution in [2.24, 2.45) is 0 Å². The Labute approximate surface area is 146 Å². The average Bonchev–Trinajstić information content (AvgIpc) is 2.60. The van der Waals surface area contributed by atoms with E-state index in [1.54, 1.807) is 19.1 Å². The van der Waals surface area contributed by atoms with Crippen LogP contribution in [0.15, 0.2) is 47.4 Å². The van der Waals surface area contributed by atoms with E-state index in [2.05, 4.69) is 10.0 Å². The minimum Gasteiger partial charge on any atom is -0.465 e. The predicted octanol–water partition coefficient (Wildman–Crippen LogP) is 1.94. The van der Waals surface area contributed by atoms with Crippen LogP contribution in [0.3, 0.4) is 0 Å². The number of ether oxygens (including phenoxy) is 1. The minimum atomic E-state index is -3.93. The molecule has 0 saturated heterocycles. The molecule has 0 saturated carbocycles. The van der Waals surface area contributed by atoms with Crippen molar-refractivity contribution in [2.75, 3.05) is 18.9 Å². The Bertz CT molecular complexity index is 905. The molecule has 25 heavy (non-hydrogen) atoms. The topological polar surface area (TPSA) is 102 Å². The van der Waals surface area contributed by atoms with Gasteiger partial charge in [-0.3, -0.25) is 9.52 Å². The van der Waals surface area contributed by atoms with Gasteiger partial charge in [-0.1, -0.05) is 12.1 Å². The van der Waals surface area contributed by atoms with Crippen molar-refractivity contribution in [1.82, 2.24) is 5.32 Å². The molecule has 0 unspecified atom stereocenters. The molecule has 2 aromatic carbocycles. The number of carbonyl (C=O) groups excluding carboxylic acids is 2. The van der Waals surface area contributed by atoms with Crippen molar-refractivity contribution in [3.05, 3.63) is 59.2 Å². The summed E-state index contributed by atoms with van der Waals surface area (Å²) >= 11 is 0. The van der Waals surface area contributed by atoms with Crippen molar-refractivity contribution < 1.29 is 22.7 Å². The molecule has 7 nitrogen and oxygen atoms in total. The number of benzene rings is 2. The zero-order valence-electron chi connectivity index (χ0n) is 14.0. The van der Waals surface area contributed by atoms with Gasteiger partial charge in [0.1, 0.15) is 0 Å². The molecule has 0 spiro atoms. The molecule has 2 rings (SSSR count). The number of sulfonamides is 1. The van der Waals surface area contributed by atoms with E-state index in [0.29, 0.717) is 11.1 Å². The molecule has 132 valence electrons. The summed E-state index contributed by atoms with van der Waals surface area (Å²) in [4.78, 5) is 23.4. The molecule has 0 aliphatic rings. The fraction of sp³-hybridized carbons (Fsp3) is 0.176. The summed E-state index contributed by atoms with van der Waals surface area (Å²) in [7, 11) is -1.22. The minimum absolute atomic E-state index is 0.0301. The molecule has 0 heterocycles. The number of rotatable bonds is 5. The van der Waals surface area contributed by atoms with Crippen molar-refractivity contribution in [3.8, 4) is 0 Å². The molecule has 0 aromatic heterocycles. The van der Waals surface area contributed by atoms with Crippen molar-refractivity contribution in [2.45, 2.75) is 11.8 Å². The molecule has 0 atom stereocenters. The van der Waals surface area contributed by atoms with E-state index < -0.39 is 16.0 Å². The lowest BCUT2D eigenvalue weighted by atomic mass is 10.1. The first-order valence-electron chi connectivity index (χ1n) is 7.33. The summed E-state index contributed by atoms with van der Waals surface area (Å²) in [6.07, 6.45) is 0. The molecule has 2 N–H and O–H groups in total. The highest BCUT2D eigenvalue weighted by Crippen LogP contribution is 2.24. The Kier molecular flexibility index (Phi) is 5.43. The second-order valence-electron chi connectivity index (χ2n) is 5.20. The SMILES string of the molecule is CNC(=O)c1ccc(S(=O)(=O)Nc2cccc(C)c2C(=O)OC)cc1. The normalized spacial score (nSPS) is 10.8. The van der Waals surface area contributed by atoms with Crippen LogP contribution < -0.4 is 10.0 Å². The van der Waals surface area contributed by atoms with Gasteiger partial charge in [0, 0.05) is 12.6 Å². The fourth-order valence-electron chi connectivity index (χ4n) is 2.26. The van der Waals surface area contributed by atoms with Gasteiger partial charge < -0.3 is 10.1 Å². The van der Waals surface area contributed by atoms with Crippen LogP contribution in [0.5, 0.6) is 0 Å². The van der Waals surface area contributed by atoms with Crippen LogP contribution in [0.25, 0.3) is 0 Å². The summed E-state index contributed by atoms with van der Waals surface area (Å²) < 4.78 is 32.2. The van der Waals surface area contributed by atoms with E-state index in [-0.39, 0.29) is 22.1 Å². The number of hydrogen-bond acceptors (Lipinski definition) is 5. The van der Waals surface area contributed by atoms with Gasteiger partial charge >= 0.3 is 5.97 Å². The quantitative estimate of drug-likeness (QED) is 0.792. The van der Waals surface area contributed by atoms with E-state index in [1.807, 2.05) is 0 Å². The molecule has 8 heteroatoms. The Hall–Kier alpha value is -2.87. The van der Waals surface area contributed by atoms with E-state index in [9.17, 15) is 18.0 Å². The first kappa shape index (κ1) is 18.5. The summed E-state index contributed by atoms with van der Waals surface area (Å²) in [6.45, 7) is 1.68. The highest BCUT2D eigenvalue weighted by atomic mass is 32.2. The summed E-state index contributed by atoms with van der Waals surface area (Å²) in [5, 5.41) is 2.46. The third-order valence-electron chi connectivity index (χ3n) is 3.56. The standard InChI is InChI=1S/C17H18N2O5S/c1-11-5-4-6-14(15(11)17(21)24-3)19-25(22,23)13-9-7-12(8-10-13)16(20)18-2/h4-10,19H,1-3H3,(H,18,20). The van der Waals surface area contributed by atoms with E-state index in [0.717, 1.165) is 0 Å². The van der Waals surface area contributed by atoms with E-state index in [4.69, 9.17) is 4.74 Å². The smallest absolute Gasteiger partial charge is 0.340 e. The van der Waals surface area contributed by atoms with Gasteiger partial charge in [0.25, 0.3) is 15.9 Å². The lowest BCUT2D eigenvalue weighted by Crippen LogP contribution is -2.19. The van der Waals surface area contributed by atoms with Crippen LogP contribution in [0.1, 0.15) is 26.3 Å². The summed E-state index contributed by atoms with van der Waals surface area (Å²) in [5.41, 5.74) is 1.20. The lowest BCUT2D eigenvalue weighted by Gasteiger charge is -2.13. The first-order valence-corrected chi connectivity index (χ1v) is 8.81. The number of esters is 1. The molecule has 0 aliphatic carbocycles. The van der Waals surface area contributed by atoms with Crippen molar-refractivity contribution >= 4 is 27.6 Å². The van der Waals surface area contributed by atoms with Crippen LogP contribution in [0, 0.1) is 6.92 Å². The molecule has 0 fully saturated rings. The number of nitrogens with one attached hydrogen (secondary N) is 2. The maximum atomic E-state index is 12.6. The average molecular weight is 362 g/mol. The van der Waals surface area contributed by atoms with Crippen LogP contribution >= 0.6 is 0 Å². The second-order valence-corrected chi connectivity index (χ2v) is 6.88. The van der Waals surface area contributed by atoms with E-state index in [1.165, 1.54) is 44.5 Å². The van der Waals surface area contributed by atoms with Crippen LogP contribution in [0.4, 0.5) is 5.69 Å². The number of aryl methyl sites for hydroxylation is 1. The monoisotopic (exact) mass is 362 g/mol. The first-order chi connectivity index (χ1) is 11.8. The van der Waals surface area contributed by atoms with Crippen LogP contribution in [-0.2, 0) is 14.8 Å². The Morgan fingerprint density at radius 2 is 1.68 bits per heavy atom. The number of methoxy groups -OCH3 is 1. The maximum absolute atomic E-state index is 12.6. The van der Waals surface area contributed by atoms with Gasteiger partial charge in [0.05, 0.1) is 23.3 Å². The number of anilines is 1. The van der Waals surface area contributed by atoms with Gasteiger partial charge in [-0.05, 0) is 42.8 Å². The third kappa shape index (κ3) is 3.97. The molecule has 0 radical (unpaired) electrons. The third-order valence-corrected chi connectivity index (χ3v) is 4.94.